The molecule has 2 rings (SSSR count). The van der Waals surface area contributed by atoms with Gasteiger partial charge in [0.15, 0.2) is 0 Å². The van der Waals surface area contributed by atoms with Crippen molar-refractivity contribution in [3.63, 3.8) is 0 Å². The second-order valence-electron chi connectivity index (χ2n) is 4.48. The second kappa shape index (κ2) is 5.86. The molecule has 1 aromatic carbocycles. The maximum Gasteiger partial charge on any atom is 0.279 e. The molecule has 6 atom stereocenters. The van der Waals surface area contributed by atoms with E-state index in [2.05, 4.69) is 0 Å². The number of rotatable bonds is 3. The second-order valence-corrected chi connectivity index (χ2v) is 6.07. The first kappa shape index (κ1) is 15.5. The minimum atomic E-state index is -2.62. The average Bonchev–Trinajstić information content (AvgIpc) is 2.49. The summed E-state index contributed by atoms with van der Waals surface area (Å²) in [5, 5.41) is 45.9. The molecule has 0 aromatic heterocycles. The number of hydrogen-bond acceptors (Lipinski definition) is 7. The Labute approximate surface area is 117 Å². The molecule has 112 valence electrons. The van der Waals surface area contributed by atoms with Crippen molar-refractivity contribution in [1.29, 1.82) is 0 Å². The summed E-state index contributed by atoms with van der Waals surface area (Å²) in [5.74, 6) is 0. The summed E-state index contributed by atoms with van der Waals surface area (Å²) >= 11 is 0. The molecular weight excluding hydrogens is 288 g/mol. The first-order chi connectivity index (χ1) is 9.41. The van der Waals surface area contributed by atoms with Gasteiger partial charge in [0.25, 0.3) is 5.12 Å². The summed E-state index contributed by atoms with van der Waals surface area (Å²) in [6.07, 6.45) is -6.73. The largest absolute Gasteiger partial charge is 0.394 e. The lowest BCUT2D eigenvalue weighted by atomic mass is 9.99. The standard InChI is InChI=1S/C12H16O7S/c13-6-8-9(14)10(15)11(16)12(17,19-8)20(18)7-4-2-1-3-5-7/h1-5,8-11,13-17H,6H2/t8-,9+,10+,11-,12+,20?/m1/s1. The molecule has 0 amide bonds. The first-order valence-corrected chi connectivity index (χ1v) is 7.09. The van der Waals surface area contributed by atoms with Crippen molar-refractivity contribution in [1.82, 2.24) is 0 Å². The lowest BCUT2D eigenvalue weighted by Crippen LogP contribution is -2.66. The molecule has 0 radical (unpaired) electrons. The zero-order valence-corrected chi connectivity index (χ0v) is 11.2. The molecule has 1 fully saturated rings. The quantitative estimate of drug-likeness (QED) is 0.433. The van der Waals surface area contributed by atoms with Crippen LogP contribution in [0.2, 0.25) is 0 Å². The van der Waals surface area contributed by atoms with Gasteiger partial charge in [-0.2, -0.15) is 0 Å². The van der Waals surface area contributed by atoms with Crippen molar-refractivity contribution in [3.05, 3.63) is 30.3 Å². The van der Waals surface area contributed by atoms with E-state index in [0.29, 0.717) is 0 Å². The van der Waals surface area contributed by atoms with Gasteiger partial charge in [0.1, 0.15) is 35.2 Å². The normalized spacial score (nSPS) is 39.5. The zero-order chi connectivity index (χ0) is 14.9. The zero-order valence-electron chi connectivity index (χ0n) is 10.4. The molecule has 20 heavy (non-hydrogen) atoms. The van der Waals surface area contributed by atoms with Gasteiger partial charge < -0.3 is 30.3 Å². The highest BCUT2D eigenvalue weighted by Crippen LogP contribution is 2.33. The van der Waals surface area contributed by atoms with Crippen LogP contribution in [0.3, 0.4) is 0 Å². The molecule has 1 aliphatic heterocycles. The number of aliphatic hydroxyl groups excluding tert-OH is 4. The highest BCUT2D eigenvalue weighted by atomic mass is 32.2. The molecule has 0 aliphatic carbocycles. The summed E-state index contributed by atoms with van der Waals surface area (Å²) < 4.78 is 17.3. The Morgan fingerprint density at radius 3 is 2.30 bits per heavy atom. The van der Waals surface area contributed by atoms with Crippen molar-refractivity contribution in [2.75, 3.05) is 6.61 Å². The van der Waals surface area contributed by atoms with E-state index in [9.17, 15) is 24.6 Å². The fourth-order valence-electron chi connectivity index (χ4n) is 1.99. The van der Waals surface area contributed by atoms with E-state index in [1.807, 2.05) is 0 Å². The van der Waals surface area contributed by atoms with E-state index in [1.165, 1.54) is 12.1 Å². The van der Waals surface area contributed by atoms with Crippen LogP contribution in [0.1, 0.15) is 0 Å². The molecule has 0 bridgehead atoms. The Balaban J connectivity index is 2.34. The molecule has 8 heteroatoms. The van der Waals surface area contributed by atoms with Crippen molar-refractivity contribution in [3.8, 4) is 0 Å². The lowest BCUT2D eigenvalue weighted by Gasteiger charge is -2.44. The number of aliphatic hydroxyl groups is 5. The van der Waals surface area contributed by atoms with E-state index in [1.54, 1.807) is 18.2 Å². The maximum atomic E-state index is 12.3. The summed E-state index contributed by atoms with van der Waals surface area (Å²) in [6.45, 7) is -0.709. The molecule has 7 nitrogen and oxygen atoms in total. The number of ether oxygens (including phenoxy) is 1. The number of benzene rings is 1. The minimum absolute atomic E-state index is 0.175. The van der Waals surface area contributed by atoms with Gasteiger partial charge in [-0.1, -0.05) is 18.2 Å². The van der Waals surface area contributed by atoms with Crippen LogP contribution in [0.15, 0.2) is 35.2 Å². The van der Waals surface area contributed by atoms with Crippen molar-refractivity contribution in [2.24, 2.45) is 0 Å². The first-order valence-electron chi connectivity index (χ1n) is 5.94. The monoisotopic (exact) mass is 304 g/mol. The van der Waals surface area contributed by atoms with E-state index in [4.69, 9.17) is 9.84 Å². The Kier molecular flexibility index (Phi) is 4.55. The molecular formula is C12H16O7S. The van der Waals surface area contributed by atoms with E-state index in [0.717, 1.165) is 0 Å². The van der Waals surface area contributed by atoms with Gasteiger partial charge in [-0.25, -0.2) is 4.21 Å². The van der Waals surface area contributed by atoms with Gasteiger partial charge in [0, 0.05) is 4.90 Å². The van der Waals surface area contributed by atoms with E-state index < -0.39 is 46.9 Å². The topological polar surface area (TPSA) is 127 Å². The third-order valence-corrected chi connectivity index (χ3v) is 4.72. The third kappa shape index (κ3) is 2.51. The Morgan fingerprint density at radius 2 is 1.75 bits per heavy atom. The van der Waals surface area contributed by atoms with E-state index in [-0.39, 0.29) is 4.90 Å². The maximum absolute atomic E-state index is 12.3. The predicted molar refractivity (Wildman–Crippen MR) is 67.8 cm³/mol. The van der Waals surface area contributed by atoms with Crippen LogP contribution in [-0.2, 0) is 15.5 Å². The molecule has 1 aliphatic rings. The van der Waals surface area contributed by atoms with Crippen LogP contribution >= 0.6 is 0 Å². The minimum Gasteiger partial charge on any atom is -0.394 e. The fourth-order valence-corrected chi connectivity index (χ4v) is 3.30. The summed E-state index contributed by atoms with van der Waals surface area (Å²) in [4.78, 5) is 0.175. The van der Waals surface area contributed by atoms with Crippen LogP contribution < -0.4 is 0 Å². The molecule has 1 unspecified atom stereocenters. The Hall–Kier alpha value is -0.870. The summed E-state index contributed by atoms with van der Waals surface area (Å²) in [5.41, 5.74) is 0. The van der Waals surface area contributed by atoms with Gasteiger partial charge in [-0.15, -0.1) is 0 Å². The van der Waals surface area contributed by atoms with Crippen LogP contribution in [-0.4, -0.2) is 65.9 Å². The Morgan fingerprint density at radius 1 is 1.15 bits per heavy atom. The van der Waals surface area contributed by atoms with Gasteiger partial charge in [0.2, 0.25) is 0 Å². The lowest BCUT2D eigenvalue weighted by molar-refractivity contribution is -0.307. The van der Waals surface area contributed by atoms with Gasteiger partial charge in [-0.3, -0.25) is 0 Å². The van der Waals surface area contributed by atoms with Crippen LogP contribution in [0.4, 0.5) is 0 Å². The smallest absolute Gasteiger partial charge is 0.279 e. The van der Waals surface area contributed by atoms with Crippen LogP contribution in [0, 0.1) is 0 Å². The third-order valence-electron chi connectivity index (χ3n) is 3.15. The molecule has 0 spiro atoms. The summed E-state index contributed by atoms with van der Waals surface area (Å²) in [7, 11) is -2.22. The van der Waals surface area contributed by atoms with E-state index >= 15 is 0 Å². The Bertz CT molecular complexity index is 480. The van der Waals surface area contributed by atoms with Gasteiger partial charge >= 0.3 is 0 Å². The average molecular weight is 304 g/mol. The SMILES string of the molecule is O=S(c1ccccc1)[C@@]1(O)O[C@H](CO)[C@H](O)[C@H](O)[C@H]1O. The van der Waals surface area contributed by atoms with Crippen LogP contribution in [0.25, 0.3) is 0 Å². The highest BCUT2D eigenvalue weighted by Gasteiger charge is 2.56. The van der Waals surface area contributed by atoms with Crippen molar-refractivity contribution >= 4 is 10.8 Å². The number of hydrogen-bond donors (Lipinski definition) is 5. The van der Waals surface area contributed by atoms with Crippen molar-refractivity contribution in [2.45, 2.75) is 34.4 Å². The predicted octanol–water partition coefficient (Wildman–Crippen LogP) is -2.09. The van der Waals surface area contributed by atoms with Crippen molar-refractivity contribution < 1.29 is 34.5 Å². The summed E-state index contributed by atoms with van der Waals surface area (Å²) in [6, 6.07) is 7.75. The fraction of sp³-hybridized carbons (Fsp3) is 0.500. The highest BCUT2D eigenvalue weighted by molar-refractivity contribution is 7.86. The molecule has 0 saturated carbocycles. The molecule has 5 N–H and O–H groups in total. The molecule has 1 aromatic rings. The molecule has 1 heterocycles. The van der Waals surface area contributed by atoms with Crippen LogP contribution in [0.5, 0.6) is 0 Å². The molecule has 1 saturated heterocycles. The van der Waals surface area contributed by atoms with Gasteiger partial charge in [-0.05, 0) is 12.1 Å². The van der Waals surface area contributed by atoms with Gasteiger partial charge in [0.05, 0.1) is 6.61 Å².